The maximum Gasteiger partial charge on any atom is 0.326 e. The SMILES string of the molecule is CC(C)[C@H](NC(=O)C1(CN)CCOCC1)C(=O)O. The molecule has 1 amide bonds. The Morgan fingerprint density at radius 1 is 1.39 bits per heavy atom. The quantitative estimate of drug-likeness (QED) is 0.642. The Labute approximate surface area is 107 Å². The van der Waals surface area contributed by atoms with Gasteiger partial charge in [-0.3, -0.25) is 4.79 Å². The average Bonchev–Trinajstić information content (AvgIpc) is 2.35. The van der Waals surface area contributed by atoms with Crippen molar-refractivity contribution in [3.05, 3.63) is 0 Å². The second-order valence-corrected chi connectivity index (χ2v) is 5.13. The Hall–Kier alpha value is -1.14. The smallest absolute Gasteiger partial charge is 0.326 e. The lowest BCUT2D eigenvalue weighted by atomic mass is 9.79. The van der Waals surface area contributed by atoms with E-state index in [2.05, 4.69) is 5.32 Å². The molecular weight excluding hydrogens is 236 g/mol. The largest absolute Gasteiger partial charge is 0.480 e. The Morgan fingerprint density at radius 2 is 1.94 bits per heavy atom. The van der Waals surface area contributed by atoms with E-state index in [-0.39, 0.29) is 18.4 Å². The van der Waals surface area contributed by atoms with Crippen LogP contribution in [0.25, 0.3) is 0 Å². The maximum atomic E-state index is 12.3. The second-order valence-electron chi connectivity index (χ2n) is 5.13. The highest BCUT2D eigenvalue weighted by Crippen LogP contribution is 2.29. The number of hydrogen-bond donors (Lipinski definition) is 3. The molecule has 0 aromatic heterocycles. The number of carboxylic acid groups (broad SMARTS) is 1. The van der Waals surface area contributed by atoms with E-state index < -0.39 is 17.4 Å². The van der Waals surface area contributed by atoms with Gasteiger partial charge in [-0.25, -0.2) is 4.79 Å². The first kappa shape index (κ1) is 14.9. The molecule has 6 nitrogen and oxygen atoms in total. The van der Waals surface area contributed by atoms with Crippen molar-refractivity contribution in [2.24, 2.45) is 17.1 Å². The maximum absolute atomic E-state index is 12.3. The highest BCUT2D eigenvalue weighted by atomic mass is 16.5. The number of carboxylic acids is 1. The standard InChI is InChI=1S/C12H22N2O4/c1-8(2)9(10(15)16)14-11(17)12(7-13)3-5-18-6-4-12/h8-9H,3-7,13H2,1-2H3,(H,14,17)(H,15,16)/t9-/m0/s1. The fourth-order valence-electron chi connectivity index (χ4n) is 2.09. The summed E-state index contributed by atoms with van der Waals surface area (Å²) in [6.45, 7) is 4.72. The van der Waals surface area contributed by atoms with E-state index in [1.807, 2.05) is 0 Å². The van der Waals surface area contributed by atoms with Crippen LogP contribution in [0.3, 0.4) is 0 Å². The number of nitrogens with one attached hydrogen (secondary N) is 1. The Morgan fingerprint density at radius 3 is 2.33 bits per heavy atom. The molecule has 0 spiro atoms. The van der Waals surface area contributed by atoms with E-state index in [1.54, 1.807) is 13.8 Å². The molecule has 104 valence electrons. The lowest BCUT2D eigenvalue weighted by molar-refractivity contribution is -0.146. The van der Waals surface area contributed by atoms with Crippen molar-refractivity contribution in [1.29, 1.82) is 0 Å². The minimum absolute atomic E-state index is 0.166. The topological polar surface area (TPSA) is 102 Å². The zero-order chi connectivity index (χ0) is 13.8. The molecule has 0 saturated carbocycles. The van der Waals surface area contributed by atoms with E-state index in [0.717, 1.165) is 0 Å². The van der Waals surface area contributed by atoms with Gasteiger partial charge in [-0.2, -0.15) is 0 Å². The van der Waals surface area contributed by atoms with Crippen LogP contribution < -0.4 is 11.1 Å². The summed E-state index contributed by atoms with van der Waals surface area (Å²) >= 11 is 0. The van der Waals surface area contributed by atoms with Crippen LogP contribution in [-0.2, 0) is 14.3 Å². The van der Waals surface area contributed by atoms with Crippen LogP contribution in [0, 0.1) is 11.3 Å². The van der Waals surface area contributed by atoms with Gasteiger partial charge in [-0.1, -0.05) is 13.8 Å². The van der Waals surface area contributed by atoms with E-state index in [0.29, 0.717) is 26.1 Å². The summed E-state index contributed by atoms with van der Waals surface area (Å²) in [5.74, 6) is -1.45. The minimum atomic E-state index is -1.02. The predicted octanol–water partition coefficient (Wildman–Crippen LogP) is -0.0327. The van der Waals surface area contributed by atoms with Crippen LogP contribution in [-0.4, -0.2) is 42.8 Å². The third-order valence-corrected chi connectivity index (χ3v) is 3.54. The first-order chi connectivity index (χ1) is 8.43. The van der Waals surface area contributed by atoms with Gasteiger partial charge < -0.3 is 20.9 Å². The predicted molar refractivity (Wildman–Crippen MR) is 65.9 cm³/mol. The van der Waals surface area contributed by atoms with Gasteiger partial charge in [0.1, 0.15) is 6.04 Å². The molecule has 1 atom stereocenters. The van der Waals surface area contributed by atoms with Crippen LogP contribution in [0.4, 0.5) is 0 Å². The summed E-state index contributed by atoms with van der Waals surface area (Å²) in [5.41, 5.74) is 5.02. The minimum Gasteiger partial charge on any atom is -0.480 e. The summed E-state index contributed by atoms with van der Waals surface area (Å²) in [6.07, 6.45) is 1.08. The monoisotopic (exact) mass is 258 g/mol. The van der Waals surface area contributed by atoms with Crippen LogP contribution in [0.5, 0.6) is 0 Å². The third kappa shape index (κ3) is 3.20. The van der Waals surface area contributed by atoms with Gasteiger partial charge in [0.05, 0.1) is 5.41 Å². The molecule has 0 aromatic rings. The van der Waals surface area contributed by atoms with Crippen LogP contribution in [0.1, 0.15) is 26.7 Å². The molecule has 0 aliphatic carbocycles. The number of amides is 1. The zero-order valence-electron chi connectivity index (χ0n) is 10.9. The molecule has 0 radical (unpaired) electrons. The molecule has 1 saturated heterocycles. The molecule has 1 heterocycles. The molecule has 18 heavy (non-hydrogen) atoms. The molecule has 1 aliphatic rings. The van der Waals surface area contributed by atoms with Crippen LogP contribution in [0.15, 0.2) is 0 Å². The molecule has 4 N–H and O–H groups in total. The van der Waals surface area contributed by atoms with Crippen LogP contribution in [0.2, 0.25) is 0 Å². The van der Waals surface area contributed by atoms with E-state index in [1.165, 1.54) is 0 Å². The highest BCUT2D eigenvalue weighted by molar-refractivity contribution is 5.87. The van der Waals surface area contributed by atoms with Crippen molar-refractivity contribution < 1.29 is 19.4 Å². The van der Waals surface area contributed by atoms with Crippen molar-refractivity contribution in [3.8, 4) is 0 Å². The Kier molecular flexibility index (Phi) is 5.10. The van der Waals surface area contributed by atoms with E-state index in [4.69, 9.17) is 15.6 Å². The van der Waals surface area contributed by atoms with Gasteiger partial charge in [-0.15, -0.1) is 0 Å². The molecule has 1 fully saturated rings. The first-order valence-corrected chi connectivity index (χ1v) is 6.24. The lowest BCUT2D eigenvalue weighted by Gasteiger charge is -2.35. The third-order valence-electron chi connectivity index (χ3n) is 3.54. The van der Waals surface area contributed by atoms with Crippen LogP contribution >= 0.6 is 0 Å². The molecule has 0 bridgehead atoms. The van der Waals surface area contributed by atoms with Gasteiger partial charge in [0, 0.05) is 19.8 Å². The normalized spacial score (nSPS) is 20.4. The van der Waals surface area contributed by atoms with E-state index in [9.17, 15) is 9.59 Å². The van der Waals surface area contributed by atoms with Gasteiger partial charge in [0.2, 0.25) is 5.91 Å². The van der Waals surface area contributed by atoms with Crippen molar-refractivity contribution in [2.45, 2.75) is 32.7 Å². The number of aliphatic carboxylic acids is 1. The molecule has 1 rings (SSSR count). The summed E-state index contributed by atoms with van der Waals surface area (Å²) in [7, 11) is 0. The average molecular weight is 258 g/mol. The lowest BCUT2D eigenvalue weighted by Crippen LogP contribution is -2.54. The zero-order valence-corrected chi connectivity index (χ0v) is 10.9. The molecular formula is C12H22N2O4. The van der Waals surface area contributed by atoms with Gasteiger partial charge in [0.25, 0.3) is 0 Å². The van der Waals surface area contributed by atoms with Crippen molar-refractivity contribution >= 4 is 11.9 Å². The molecule has 1 aliphatic heterocycles. The number of carbonyl (C=O) groups excluding carboxylic acids is 1. The van der Waals surface area contributed by atoms with Gasteiger partial charge >= 0.3 is 5.97 Å². The number of rotatable bonds is 5. The number of nitrogens with two attached hydrogens (primary N) is 1. The molecule has 0 unspecified atom stereocenters. The first-order valence-electron chi connectivity index (χ1n) is 6.24. The van der Waals surface area contributed by atoms with Gasteiger partial charge in [-0.05, 0) is 18.8 Å². The summed E-state index contributed by atoms with van der Waals surface area (Å²) < 4.78 is 5.22. The fraction of sp³-hybridized carbons (Fsp3) is 0.833. The number of ether oxygens (including phenoxy) is 1. The van der Waals surface area contributed by atoms with Crippen molar-refractivity contribution in [1.82, 2.24) is 5.32 Å². The molecule has 6 heteroatoms. The number of hydrogen-bond acceptors (Lipinski definition) is 4. The fourth-order valence-corrected chi connectivity index (χ4v) is 2.09. The van der Waals surface area contributed by atoms with Gasteiger partial charge in [0.15, 0.2) is 0 Å². The van der Waals surface area contributed by atoms with Crippen molar-refractivity contribution in [3.63, 3.8) is 0 Å². The Bertz CT molecular complexity index is 311. The summed E-state index contributed by atoms with van der Waals surface area (Å²) in [4.78, 5) is 23.3. The van der Waals surface area contributed by atoms with Crippen molar-refractivity contribution in [2.75, 3.05) is 19.8 Å². The summed E-state index contributed by atoms with van der Waals surface area (Å²) in [6, 6.07) is -0.872. The summed E-state index contributed by atoms with van der Waals surface area (Å²) in [5, 5.41) is 11.7. The highest BCUT2D eigenvalue weighted by Gasteiger charge is 2.40. The Balaban J connectivity index is 2.75. The van der Waals surface area contributed by atoms with E-state index >= 15 is 0 Å². The number of carbonyl (C=O) groups is 2. The second kappa shape index (κ2) is 6.15. The molecule has 0 aromatic carbocycles.